The van der Waals surface area contributed by atoms with Crippen molar-refractivity contribution in [3.05, 3.63) is 42.4 Å². The molecule has 1 saturated carbocycles. The van der Waals surface area contributed by atoms with E-state index in [2.05, 4.69) is 20.6 Å². The van der Waals surface area contributed by atoms with E-state index in [0.717, 1.165) is 12.8 Å². The minimum Gasteiger partial charge on any atom is -0.489 e. The molecule has 2 amide bonds. The van der Waals surface area contributed by atoms with Crippen LogP contribution in [0.4, 0.5) is 11.5 Å². The lowest BCUT2D eigenvalue weighted by atomic mass is 10.2. The van der Waals surface area contributed by atoms with Gasteiger partial charge < -0.3 is 15.4 Å². The summed E-state index contributed by atoms with van der Waals surface area (Å²) in [6.45, 7) is 3.81. The fourth-order valence-electron chi connectivity index (χ4n) is 2.24. The number of carbonyl (C=O) groups excluding carboxylic acids is 2. The summed E-state index contributed by atoms with van der Waals surface area (Å²) in [5, 5.41) is 5.51. The number of aromatic nitrogens is 2. The van der Waals surface area contributed by atoms with Crippen LogP contribution in [-0.4, -0.2) is 27.9 Å². The Kier molecular flexibility index (Phi) is 4.92. The molecule has 1 aliphatic rings. The highest BCUT2D eigenvalue weighted by Gasteiger charge is 2.29. The van der Waals surface area contributed by atoms with Crippen molar-refractivity contribution in [2.45, 2.75) is 32.8 Å². The van der Waals surface area contributed by atoms with Gasteiger partial charge in [-0.25, -0.2) is 4.98 Å². The molecule has 3 rings (SSSR count). The zero-order valence-electron chi connectivity index (χ0n) is 14.2. The van der Waals surface area contributed by atoms with E-state index in [9.17, 15) is 9.59 Å². The van der Waals surface area contributed by atoms with Gasteiger partial charge in [0.15, 0.2) is 0 Å². The summed E-state index contributed by atoms with van der Waals surface area (Å²) in [4.78, 5) is 32.4. The van der Waals surface area contributed by atoms with Gasteiger partial charge in [-0.2, -0.15) is 0 Å². The molecule has 7 heteroatoms. The molecule has 7 nitrogen and oxygen atoms in total. The smallest absolute Gasteiger partial charge is 0.255 e. The number of hydrogen-bond acceptors (Lipinski definition) is 5. The lowest BCUT2D eigenvalue weighted by Crippen LogP contribution is -2.17. The molecule has 0 spiro atoms. The van der Waals surface area contributed by atoms with E-state index in [1.165, 1.54) is 12.4 Å². The zero-order valence-corrected chi connectivity index (χ0v) is 14.2. The summed E-state index contributed by atoms with van der Waals surface area (Å²) in [5.74, 6) is 0.616. The molecule has 0 atom stereocenters. The molecule has 2 aromatic heterocycles. The second kappa shape index (κ2) is 7.29. The summed E-state index contributed by atoms with van der Waals surface area (Å²) >= 11 is 0. The van der Waals surface area contributed by atoms with E-state index < -0.39 is 0 Å². The molecule has 2 aromatic rings. The molecule has 25 heavy (non-hydrogen) atoms. The SMILES string of the molecule is CC(C)Oc1ccncc1NC(=O)c1ccnc(NC(=O)C2CC2)c1. The van der Waals surface area contributed by atoms with Crippen LogP contribution in [-0.2, 0) is 4.79 Å². The van der Waals surface area contributed by atoms with Gasteiger partial charge in [-0.1, -0.05) is 0 Å². The molecule has 0 unspecified atom stereocenters. The van der Waals surface area contributed by atoms with E-state index in [1.807, 2.05) is 13.8 Å². The number of nitrogens with one attached hydrogen (secondary N) is 2. The molecule has 2 heterocycles. The molecule has 0 radical (unpaired) electrons. The Labute approximate surface area is 145 Å². The van der Waals surface area contributed by atoms with Crippen molar-refractivity contribution in [2.75, 3.05) is 10.6 Å². The highest BCUT2D eigenvalue weighted by atomic mass is 16.5. The van der Waals surface area contributed by atoms with Gasteiger partial charge in [-0.3, -0.25) is 14.6 Å². The third kappa shape index (κ3) is 4.53. The van der Waals surface area contributed by atoms with Gasteiger partial charge in [0, 0.05) is 29.9 Å². The Morgan fingerprint density at radius 1 is 1.20 bits per heavy atom. The fraction of sp³-hybridized carbons (Fsp3) is 0.333. The van der Waals surface area contributed by atoms with E-state index in [1.54, 1.807) is 24.4 Å². The van der Waals surface area contributed by atoms with Gasteiger partial charge in [0.2, 0.25) is 5.91 Å². The quantitative estimate of drug-likeness (QED) is 0.843. The van der Waals surface area contributed by atoms with Crippen molar-refractivity contribution in [3.63, 3.8) is 0 Å². The molecule has 0 saturated heterocycles. The predicted octanol–water partition coefficient (Wildman–Crippen LogP) is 2.86. The highest BCUT2D eigenvalue weighted by Crippen LogP contribution is 2.30. The number of hydrogen-bond donors (Lipinski definition) is 2. The Bertz CT molecular complexity index is 787. The number of nitrogens with zero attached hydrogens (tertiary/aromatic N) is 2. The molecule has 0 aromatic carbocycles. The lowest BCUT2D eigenvalue weighted by molar-refractivity contribution is -0.117. The lowest BCUT2D eigenvalue weighted by Gasteiger charge is -2.14. The van der Waals surface area contributed by atoms with Crippen LogP contribution in [0.25, 0.3) is 0 Å². The van der Waals surface area contributed by atoms with Crippen molar-refractivity contribution >= 4 is 23.3 Å². The summed E-state index contributed by atoms with van der Waals surface area (Å²) in [5.41, 5.74) is 0.877. The number of amides is 2. The monoisotopic (exact) mass is 340 g/mol. The Hall–Kier alpha value is -2.96. The van der Waals surface area contributed by atoms with Gasteiger partial charge >= 0.3 is 0 Å². The predicted molar refractivity (Wildman–Crippen MR) is 93.5 cm³/mol. The standard InChI is InChI=1S/C18H20N4O3/c1-11(2)25-15-6-7-19-10-14(15)21-18(24)13-5-8-20-16(9-13)22-17(23)12-3-4-12/h5-12H,3-4H2,1-2H3,(H,21,24)(H,20,22,23). The summed E-state index contributed by atoms with van der Waals surface area (Å²) in [6, 6.07) is 4.83. The van der Waals surface area contributed by atoms with Gasteiger partial charge in [0.05, 0.1) is 12.3 Å². The second-order valence-electron chi connectivity index (χ2n) is 6.19. The first-order valence-electron chi connectivity index (χ1n) is 8.22. The van der Waals surface area contributed by atoms with Crippen molar-refractivity contribution in [1.82, 2.24) is 9.97 Å². The van der Waals surface area contributed by atoms with Crippen molar-refractivity contribution in [2.24, 2.45) is 5.92 Å². The maximum atomic E-state index is 12.5. The van der Waals surface area contributed by atoms with Crippen LogP contribution in [0, 0.1) is 5.92 Å². The third-order valence-electron chi connectivity index (χ3n) is 3.61. The number of carbonyl (C=O) groups is 2. The molecule has 2 N–H and O–H groups in total. The van der Waals surface area contributed by atoms with E-state index >= 15 is 0 Å². The molecular formula is C18H20N4O3. The van der Waals surface area contributed by atoms with Crippen LogP contribution >= 0.6 is 0 Å². The van der Waals surface area contributed by atoms with Crippen LogP contribution in [0.1, 0.15) is 37.0 Å². The summed E-state index contributed by atoms with van der Waals surface area (Å²) < 4.78 is 5.67. The fourth-order valence-corrected chi connectivity index (χ4v) is 2.24. The Morgan fingerprint density at radius 2 is 2.00 bits per heavy atom. The normalized spacial score (nSPS) is 13.4. The first-order valence-corrected chi connectivity index (χ1v) is 8.22. The molecule has 1 fully saturated rings. The van der Waals surface area contributed by atoms with Crippen molar-refractivity contribution in [3.8, 4) is 5.75 Å². The summed E-state index contributed by atoms with van der Waals surface area (Å²) in [6.07, 6.45) is 6.42. The van der Waals surface area contributed by atoms with Gasteiger partial charge in [0.1, 0.15) is 17.3 Å². The van der Waals surface area contributed by atoms with Crippen LogP contribution in [0.2, 0.25) is 0 Å². The number of rotatable bonds is 6. The van der Waals surface area contributed by atoms with Crippen LogP contribution in [0.15, 0.2) is 36.8 Å². The zero-order chi connectivity index (χ0) is 17.8. The van der Waals surface area contributed by atoms with E-state index in [4.69, 9.17) is 4.74 Å². The van der Waals surface area contributed by atoms with Gasteiger partial charge in [0.25, 0.3) is 5.91 Å². The second-order valence-corrected chi connectivity index (χ2v) is 6.19. The van der Waals surface area contributed by atoms with E-state index in [-0.39, 0.29) is 23.8 Å². The van der Waals surface area contributed by atoms with Crippen molar-refractivity contribution < 1.29 is 14.3 Å². The summed E-state index contributed by atoms with van der Waals surface area (Å²) in [7, 11) is 0. The number of pyridine rings is 2. The molecule has 0 bridgehead atoms. The minimum absolute atomic E-state index is 0.0248. The Balaban J connectivity index is 1.72. The van der Waals surface area contributed by atoms with Gasteiger partial charge in [-0.05, 0) is 38.8 Å². The largest absolute Gasteiger partial charge is 0.489 e. The van der Waals surface area contributed by atoms with E-state index in [0.29, 0.717) is 22.8 Å². The average molecular weight is 340 g/mol. The first-order chi connectivity index (χ1) is 12.0. The van der Waals surface area contributed by atoms with Crippen LogP contribution < -0.4 is 15.4 Å². The topological polar surface area (TPSA) is 93.2 Å². The first kappa shape index (κ1) is 16.9. The number of anilines is 2. The van der Waals surface area contributed by atoms with Crippen LogP contribution in [0.5, 0.6) is 5.75 Å². The molecule has 0 aliphatic heterocycles. The molecule has 130 valence electrons. The van der Waals surface area contributed by atoms with Crippen molar-refractivity contribution in [1.29, 1.82) is 0 Å². The minimum atomic E-state index is -0.328. The molecule has 1 aliphatic carbocycles. The van der Waals surface area contributed by atoms with Gasteiger partial charge in [-0.15, -0.1) is 0 Å². The average Bonchev–Trinajstić information content (AvgIpc) is 3.41. The Morgan fingerprint density at radius 3 is 2.72 bits per heavy atom. The maximum absolute atomic E-state index is 12.5. The number of ether oxygens (including phenoxy) is 1. The third-order valence-corrected chi connectivity index (χ3v) is 3.61. The highest BCUT2D eigenvalue weighted by molar-refractivity contribution is 6.05. The molecular weight excluding hydrogens is 320 g/mol. The van der Waals surface area contributed by atoms with Crippen LogP contribution in [0.3, 0.4) is 0 Å². The maximum Gasteiger partial charge on any atom is 0.255 e.